The van der Waals surface area contributed by atoms with E-state index in [9.17, 15) is 9.59 Å². The number of hydrogen-bond donors (Lipinski definition) is 2. The van der Waals surface area contributed by atoms with Crippen molar-refractivity contribution in [2.75, 3.05) is 36.4 Å². The normalized spacial score (nSPS) is 10.3. The van der Waals surface area contributed by atoms with Gasteiger partial charge in [0.2, 0.25) is 11.8 Å². The van der Waals surface area contributed by atoms with Gasteiger partial charge in [-0.2, -0.15) is 11.8 Å². The van der Waals surface area contributed by atoms with Crippen molar-refractivity contribution in [2.24, 2.45) is 0 Å². The third kappa shape index (κ3) is 7.34. The van der Waals surface area contributed by atoms with Crippen molar-refractivity contribution < 1.29 is 19.1 Å². The number of aryl methyl sites for hydroxylation is 2. The molecule has 0 saturated heterocycles. The molecule has 0 radical (unpaired) electrons. The maximum absolute atomic E-state index is 12.2. The molecule has 2 N–H and O–H groups in total. The van der Waals surface area contributed by atoms with Crippen LogP contribution in [0.3, 0.4) is 0 Å². The molecule has 0 atom stereocenters. The average Bonchev–Trinajstić information content (AvgIpc) is 2.68. The monoisotopic (exact) mass is 416 g/mol. The van der Waals surface area contributed by atoms with E-state index in [2.05, 4.69) is 10.6 Å². The van der Waals surface area contributed by atoms with Crippen LogP contribution in [-0.4, -0.2) is 37.5 Å². The van der Waals surface area contributed by atoms with E-state index in [-0.39, 0.29) is 11.8 Å². The Balaban J connectivity index is 1.70. The van der Waals surface area contributed by atoms with E-state index in [1.165, 1.54) is 0 Å². The number of amides is 2. The van der Waals surface area contributed by atoms with Crippen LogP contribution in [0.4, 0.5) is 11.4 Å². The predicted molar refractivity (Wildman–Crippen MR) is 119 cm³/mol. The molecular weight excluding hydrogens is 388 g/mol. The molecule has 0 saturated carbocycles. The summed E-state index contributed by atoms with van der Waals surface area (Å²) in [5, 5.41) is 5.76. The van der Waals surface area contributed by atoms with E-state index in [4.69, 9.17) is 9.47 Å². The van der Waals surface area contributed by atoms with Gasteiger partial charge in [0.05, 0.1) is 25.6 Å². The summed E-state index contributed by atoms with van der Waals surface area (Å²) in [5.41, 5.74) is 3.45. The molecule has 0 fully saturated rings. The third-order valence-corrected chi connectivity index (χ3v) is 5.19. The van der Waals surface area contributed by atoms with Gasteiger partial charge >= 0.3 is 0 Å². The van der Waals surface area contributed by atoms with Crippen LogP contribution >= 0.6 is 11.8 Å². The van der Waals surface area contributed by atoms with Gasteiger partial charge in [0.25, 0.3) is 0 Å². The van der Waals surface area contributed by atoms with Crippen LogP contribution in [0, 0.1) is 13.8 Å². The lowest BCUT2D eigenvalue weighted by Gasteiger charge is -2.11. The van der Waals surface area contributed by atoms with Gasteiger partial charge in [-0.15, -0.1) is 0 Å². The number of hydrogen-bond acceptors (Lipinski definition) is 5. The molecule has 6 nitrogen and oxygen atoms in total. The molecule has 2 rings (SSSR count). The second-order valence-corrected chi connectivity index (χ2v) is 7.84. The molecule has 0 heterocycles. The Morgan fingerprint density at radius 1 is 0.793 bits per heavy atom. The van der Waals surface area contributed by atoms with Crippen LogP contribution in [0.1, 0.15) is 24.0 Å². The summed E-state index contributed by atoms with van der Waals surface area (Å²) in [6.07, 6.45) is 0.740. The third-order valence-electron chi connectivity index (χ3n) is 4.21. The molecular formula is C22H28N2O4S. The van der Waals surface area contributed by atoms with Gasteiger partial charge < -0.3 is 20.1 Å². The Kier molecular flexibility index (Phi) is 8.86. The molecule has 0 aliphatic rings. The van der Waals surface area contributed by atoms with Crippen molar-refractivity contribution in [3.05, 3.63) is 47.5 Å². The Morgan fingerprint density at radius 2 is 1.21 bits per heavy atom. The summed E-state index contributed by atoms with van der Waals surface area (Å²) >= 11 is 1.57. The highest BCUT2D eigenvalue weighted by molar-refractivity contribution is 7.99. The van der Waals surface area contributed by atoms with E-state index >= 15 is 0 Å². The Hall–Kier alpha value is -2.67. The van der Waals surface area contributed by atoms with E-state index in [1.807, 2.05) is 50.2 Å². The molecule has 0 bridgehead atoms. The highest BCUT2D eigenvalue weighted by Gasteiger charge is 2.10. The highest BCUT2D eigenvalue weighted by atomic mass is 32.2. The molecule has 0 aliphatic carbocycles. The Bertz CT molecular complexity index is 785. The smallest absolute Gasteiger partial charge is 0.225 e. The van der Waals surface area contributed by atoms with Gasteiger partial charge in [-0.3, -0.25) is 9.59 Å². The number of carbonyl (C=O) groups is 2. The van der Waals surface area contributed by atoms with E-state index in [0.29, 0.717) is 47.2 Å². The van der Waals surface area contributed by atoms with Gasteiger partial charge in [-0.1, -0.05) is 12.1 Å². The van der Waals surface area contributed by atoms with Crippen LogP contribution < -0.4 is 20.1 Å². The topological polar surface area (TPSA) is 76.7 Å². The van der Waals surface area contributed by atoms with Crippen LogP contribution in [0.2, 0.25) is 0 Å². The highest BCUT2D eigenvalue weighted by Crippen LogP contribution is 2.26. The number of carbonyl (C=O) groups excluding carboxylic acids is 2. The quantitative estimate of drug-likeness (QED) is 0.561. The molecule has 7 heteroatoms. The number of thioether (sulfide) groups is 1. The molecule has 2 aromatic carbocycles. The van der Waals surface area contributed by atoms with Crippen molar-refractivity contribution in [3.63, 3.8) is 0 Å². The zero-order valence-electron chi connectivity index (χ0n) is 17.3. The number of methoxy groups -OCH3 is 2. The summed E-state index contributed by atoms with van der Waals surface area (Å²) in [5.74, 6) is 2.41. The molecule has 0 aromatic heterocycles. The van der Waals surface area contributed by atoms with Gasteiger partial charge in [-0.25, -0.2) is 0 Å². The van der Waals surface area contributed by atoms with Crippen LogP contribution in [0.15, 0.2) is 36.4 Å². The summed E-state index contributed by atoms with van der Waals surface area (Å²) in [6.45, 7) is 3.92. The lowest BCUT2D eigenvalue weighted by Crippen LogP contribution is -2.14. The number of anilines is 2. The second kappa shape index (κ2) is 11.4. The average molecular weight is 417 g/mol. The standard InChI is InChI=1S/C22H28N2O4S/c1-15-5-7-19(27-3)17(13-15)23-21(25)9-11-29-12-10-22(26)24-18-14-16(2)6-8-20(18)28-4/h5-8,13-14H,9-12H2,1-4H3,(H,23,25)(H,24,26). The molecule has 0 unspecified atom stereocenters. The van der Waals surface area contributed by atoms with Crippen LogP contribution in [0.25, 0.3) is 0 Å². The molecule has 156 valence electrons. The van der Waals surface area contributed by atoms with E-state index in [1.54, 1.807) is 26.0 Å². The summed E-state index contributed by atoms with van der Waals surface area (Å²) in [6, 6.07) is 11.3. The molecule has 0 spiro atoms. The first-order valence-electron chi connectivity index (χ1n) is 9.39. The first kappa shape index (κ1) is 22.6. The summed E-state index contributed by atoms with van der Waals surface area (Å²) < 4.78 is 10.5. The maximum Gasteiger partial charge on any atom is 0.225 e. The SMILES string of the molecule is COc1ccc(C)cc1NC(=O)CCSCCC(=O)Nc1cc(C)ccc1OC. The van der Waals surface area contributed by atoms with Gasteiger partial charge in [0.15, 0.2) is 0 Å². The van der Waals surface area contributed by atoms with E-state index < -0.39 is 0 Å². The number of nitrogens with one attached hydrogen (secondary N) is 2. The van der Waals surface area contributed by atoms with Crippen LogP contribution in [-0.2, 0) is 9.59 Å². The lowest BCUT2D eigenvalue weighted by atomic mass is 10.2. The molecule has 29 heavy (non-hydrogen) atoms. The Morgan fingerprint density at radius 3 is 1.59 bits per heavy atom. The minimum absolute atomic E-state index is 0.0738. The van der Waals surface area contributed by atoms with Crippen molar-refractivity contribution in [1.82, 2.24) is 0 Å². The number of ether oxygens (including phenoxy) is 2. The molecule has 2 amide bonds. The fourth-order valence-electron chi connectivity index (χ4n) is 2.70. The summed E-state index contributed by atoms with van der Waals surface area (Å²) in [7, 11) is 3.15. The van der Waals surface area contributed by atoms with Crippen molar-refractivity contribution in [1.29, 1.82) is 0 Å². The minimum Gasteiger partial charge on any atom is -0.495 e. The van der Waals surface area contributed by atoms with Crippen LogP contribution in [0.5, 0.6) is 11.5 Å². The summed E-state index contributed by atoms with van der Waals surface area (Å²) in [4.78, 5) is 24.3. The van der Waals surface area contributed by atoms with Gasteiger partial charge in [0, 0.05) is 24.3 Å². The fourth-order valence-corrected chi connectivity index (χ4v) is 3.56. The van der Waals surface area contributed by atoms with Crippen molar-refractivity contribution >= 4 is 35.0 Å². The second-order valence-electron chi connectivity index (χ2n) is 6.62. The predicted octanol–water partition coefficient (Wildman–Crippen LogP) is 4.41. The maximum atomic E-state index is 12.2. The Labute approximate surface area is 176 Å². The first-order valence-corrected chi connectivity index (χ1v) is 10.5. The van der Waals surface area contributed by atoms with Crippen molar-refractivity contribution in [3.8, 4) is 11.5 Å². The first-order chi connectivity index (χ1) is 13.9. The molecule has 0 aliphatic heterocycles. The number of benzene rings is 2. The van der Waals surface area contributed by atoms with Gasteiger partial charge in [0.1, 0.15) is 11.5 Å². The van der Waals surface area contributed by atoms with E-state index in [0.717, 1.165) is 11.1 Å². The van der Waals surface area contributed by atoms with Gasteiger partial charge in [-0.05, 0) is 49.2 Å². The largest absolute Gasteiger partial charge is 0.495 e. The molecule has 2 aromatic rings. The fraction of sp³-hybridized carbons (Fsp3) is 0.364. The van der Waals surface area contributed by atoms with Crippen molar-refractivity contribution in [2.45, 2.75) is 26.7 Å². The minimum atomic E-state index is -0.0738. The number of rotatable bonds is 10. The lowest BCUT2D eigenvalue weighted by molar-refractivity contribution is -0.116. The zero-order chi connectivity index (χ0) is 21.2. The zero-order valence-corrected chi connectivity index (χ0v) is 18.2.